The average molecular weight is 249 g/mol. The van der Waals surface area contributed by atoms with E-state index in [1.54, 1.807) is 6.07 Å². The first-order valence-corrected chi connectivity index (χ1v) is 6.57. The van der Waals surface area contributed by atoms with Gasteiger partial charge in [0.15, 0.2) is 0 Å². The standard InChI is InChI=1S/C13H19N3O2/c1-9-2-5-12(17)16(15-9)8-13(18)6-10-3-4-11(7-13)14-10/h2,5,10-11,14,18H,3-4,6-8H2,1H3. The summed E-state index contributed by atoms with van der Waals surface area (Å²) in [6.45, 7) is 2.16. The summed E-state index contributed by atoms with van der Waals surface area (Å²) in [5.41, 5.74) is -0.128. The Kier molecular flexibility index (Phi) is 2.75. The topological polar surface area (TPSA) is 67.2 Å². The van der Waals surface area contributed by atoms with E-state index in [0.29, 0.717) is 31.5 Å². The number of hydrogen-bond acceptors (Lipinski definition) is 4. The van der Waals surface area contributed by atoms with E-state index in [0.717, 1.165) is 18.5 Å². The lowest BCUT2D eigenvalue weighted by molar-refractivity contribution is -0.0250. The SMILES string of the molecule is Cc1ccc(=O)n(CC2(O)CC3CCC(C2)N3)n1. The van der Waals surface area contributed by atoms with Crippen LogP contribution in [-0.2, 0) is 6.54 Å². The molecule has 2 aliphatic heterocycles. The lowest BCUT2D eigenvalue weighted by Crippen LogP contribution is -2.51. The number of nitrogens with one attached hydrogen (secondary N) is 1. The van der Waals surface area contributed by atoms with Crippen molar-refractivity contribution >= 4 is 0 Å². The molecule has 2 saturated heterocycles. The lowest BCUT2D eigenvalue weighted by atomic mass is 9.87. The predicted octanol–water partition coefficient (Wildman–Crippen LogP) is 0.197. The summed E-state index contributed by atoms with van der Waals surface area (Å²) in [6, 6.07) is 4.01. The highest BCUT2D eigenvalue weighted by Crippen LogP contribution is 2.34. The number of fused-ring (bicyclic) bond motifs is 2. The second-order valence-corrected chi connectivity index (χ2v) is 5.74. The molecule has 0 amide bonds. The first-order chi connectivity index (χ1) is 8.54. The number of aromatic nitrogens is 2. The van der Waals surface area contributed by atoms with Gasteiger partial charge < -0.3 is 10.4 Å². The van der Waals surface area contributed by atoms with Crippen LogP contribution in [0.2, 0.25) is 0 Å². The van der Waals surface area contributed by atoms with Crippen molar-refractivity contribution in [3.8, 4) is 0 Å². The Labute approximate surface area is 106 Å². The Balaban J connectivity index is 1.83. The third-order valence-corrected chi connectivity index (χ3v) is 4.03. The van der Waals surface area contributed by atoms with Crippen molar-refractivity contribution in [3.63, 3.8) is 0 Å². The van der Waals surface area contributed by atoms with Gasteiger partial charge in [-0.1, -0.05) is 0 Å². The molecule has 2 bridgehead atoms. The third-order valence-electron chi connectivity index (χ3n) is 4.03. The van der Waals surface area contributed by atoms with Gasteiger partial charge in [0, 0.05) is 18.2 Å². The van der Waals surface area contributed by atoms with Gasteiger partial charge >= 0.3 is 0 Å². The molecule has 2 N–H and O–H groups in total. The van der Waals surface area contributed by atoms with Crippen molar-refractivity contribution in [2.24, 2.45) is 0 Å². The fourth-order valence-corrected chi connectivity index (χ4v) is 3.30. The van der Waals surface area contributed by atoms with E-state index in [9.17, 15) is 9.90 Å². The smallest absolute Gasteiger partial charge is 0.266 e. The van der Waals surface area contributed by atoms with E-state index in [1.165, 1.54) is 10.7 Å². The number of hydrogen-bond donors (Lipinski definition) is 2. The van der Waals surface area contributed by atoms with Gasteiger partial charge in [-0.25, -0.2) is 4.68 Å². The van der Waals surface area contributed by atoms with E-state index in [4.69, 9.17) is 0 Å². The summed E-state index contributed by atoms with van der Waals surface area (Å²) in [6.07, 6.45) is 3.68. The molecule has 5 heteroatoms. The highest BCUT2D eigenvalue weighted by molar-refractivity contribution is 5.02. The van der Waals surface area contributed by atoms with Crippen molar-refractivity contribution in [1.82, 2.24) is 15.1 Å². The third kappa shape index (κ3) is 2.20. The van der Waals surface area contributed by atoms with Gasteiger partial charge in [-0.15, -0.1) is 0 Å². The van der Waals surface area contributed by atoms with E-state index < -0.39 is 5.60 Å². The van der Waals surface area contributed by atoms with Crippen molar-refractivity contribution < 1.29 is 5.11 Å². The number of piperidine rings is 1. The Morgan fingerprint density at radius 2 is 2.11 bits per heavy atom. The molecule has 1 aromatic heterocycles. The van der Waals surface area contributed by atoms with Crippen LogP contribution >= 0.6 is 0 Å². The van der Waals surface area contributed by atoms with Gasteiger partial charge in [0.25, 0.3) is 5.56 Å². The molecule has 0 aliphatic carbocycles. The molecule has 0 aromatic carbocycles. The van der Waals surface area contributed by atoms with Crippen LogP contribution in [0.1, 0.15) is 31.4 Å². The zero-order valence-electron chi connectivity index (χ0n) is 10.6. The maximum absolute atomic E-state index is 11.7. The molecule has 2 fully saturated rings. The van der Waals surface area contributed by atoms with E-state index in [2.05, 4.69) is 10.4 Å². The lowest BCUT2D eigenvalue weighted by Gasteiger charge is -2.37. The molecule has 0 saturated carbocycles. The van der Waals surface area contributed by atoms with Gasteiger partial charge in [-0.3, -0.25) is 4.79 Å². The van der Waals surface area contributed by atoms with Gasteiger partial charge in [0.2, 0.25) is 0 Å². The molecule has 2 aliphatic rings. The molecule has 18 heavy (non-hydrogen) atoms. The zero-order chi connectivity index (χ0) is 12.8. The Hall–Kier alpha value is -1.20. The first kappa shape index (κ1) is 11.9. The predicted molar refractivity (Wildman–Crippen MR) is 67.4 cm³/mol. The van der Waals surface area contributed by atoms with Gasteiger partial charge in [-0.2, -0.15) is 5.10 Å². The maximum Gasteiger partial charge on any atom is 0.266 e. The minimum Gasteiger partial charge on any atom is -0.388 e. The number of aryl methyl sites for hydroxylation is 1. The Morgan fingerprint density at radius 1 is 1.44 bits per heavy atom. The summed E-state index contributed by atoms with van der Waals surface area (Å²) in [5.74, 6) is 0. The van der Waals surface area contributed by atoms with Crippen molar-refractivity contribution in [3.05, 3.63) is 28.2 Å². The largest absolute Gasteiger partial charge is 0.388 e. The molecule has 2 unspecified atom stereocenters. The van der Waals surface area contributed by atoms with Gasteiger partial charge in [0.1, 0.15) is 0 Å². The van der Waals surface area contributed by atoms with Gasteiger partial charge in [-0.05, 0) is 38.7 Å². The first-order valence-electron chi connectivity index (χ1n) is 6.57. The Morgan fingerprint density at radius 3 is 2.78 bits per heavy atom. The molecule has 1 aromatic rings. The fourth-order valence-electron chi connectivity index (χ4n) is 3.30. The molecule has 98 valence electrons. The van der Waals surface area contributed by atoms with Crippen LogP contribution < -0.4 is 10.9 Å². The van der Waals surface area contributed by atoms with E-state index in [-0.39, 0.29) is 5.56 Å². The normalized spacial score (nSPS) is 34.8. The monoisotopic (exact) mass is 249 g/mol. The summed E-state index contributed by atoms with van der Waals surface area (Å²) < 4.78 is 1.40. The second kappa shape index (κ2) is 4.17. The number of rotatable bonds is 2. The summed E-state index contributed by atoms with van der Waals surface area (Å²) in [5, 5.41) is 18.4. The number of aliphatic hydroxyl groups is 1. The highest BCUT2D eigenvalue weighted by atomic mass is 16.3. The molecular weight excluding hydrogens is 230 g/mol. The van der Waals surface area contributed by atoms with Crippen LogP contribution in [-0.4, -0.2) is 32.6 Å². The van der Waals surface area contributed by atoms with Crippen molar-refractivity contribution in [1.29, 1.82) is 0 Å². The fraction of sp³-hybridized carbons (Fsp3) is 0.692. The van der Waals surface area contributed by atoms with Crippen molar-refractivity contribution in [2.75, 3.05) is 0 Å². The molecular formula is C13H19N3O2. The molecule has 2 atom stereocenters. The average Bonchev–Trinajstić information content (AvgIpc) is 2.64. The molecule has 3 rings (SSSR count). The number of nitrogens with zero attached hydrogens (tertiary/aromatic N) is 2. The minimum absolute atomic E-state index is 0.139. The van der Waals surface area contributed by atoms with Crippen molar-refractivity contribution in [2.45, 2.75) is 56.8 Å². The van der Waals surface area contributed by atoms with Gasteiger partial charge in [0.05, 0.1) is 17.8 Å². The van der Waals surface area contributed by atoms with Crippen LogP contribution in [0, 0.1) is 6.92 Å². The van der Waals surface area contributed by atoms with E-state index >= 15 is 0 Å². The van der Waals surface area contributed by atoms with Crippen LogP contribution in [0.25, 0.3) is 0 Å². The molecule has 5 nitrogen and oxygen atoms in total. The summed E-state index contributed by atoms with van der Waals surface area (Å²) >= 11 is 0. The molecule has 0 radical (unpaired) electrons. The Bertz CT molecular complexity index is 499. The van der Waals surface area contributed by atoms with Crippen LogP contribution in [0.4, 0.5) is 0 Å². The highest BCUT2D eigenvalue weighted by Gasteiger charge is 2.42. The quantitative estimate of drug-likeness (QED) is 0.785. The van der Waals surface area contributed by atoms with E-state index in [1.807, 2.05) is 6.92 Å². The van der Waals surface area contributed by atoms with Crippen LogP contribution in [0.3, 0.4) is 0 Å². The molecule has 3 heterocycles. The molecule has 0 spiro atoms. The summed E-state index contributed by atoms with van der Waals surface area (Å²) in [4.78, 5) is 11.7. The van der Waals surface area contributed by atoms with Crippen LogP contribution in [0.5, 0.6) is 0 Å². The second-order valence-electron chi connectivity index (χ2n) is 5.74. The summed E-state index contributed by atoms with van der Waals surface area (Å²) in [7, 11) is 0. The van der Waals surface area contributed by atoms with Crippen LogP contribution in [0.15, 0.2) is 16.9 Å². The minimum atomic E-state index is -0.790. The maximum atomic E-state index is 11.7. The zero-order valence-corrected chi connectivity index (χ0v) is 10.6.